The van der Waals surface area contributed by atoms with Crippen LogP contribution in [0.25, 0.3) is 0 Å². The number of rotatable bonds is 9. The Morgan fingerprint density at radius 1 is 1.17 bits per heavy atom. The van der Waals surface area contributed by atoms with Crippen LogP contribution in [0.5, 0.6) is 0 Å². The second kappa shape index (κ2) is 13.3. The summed E-state index contributed by atoms with van der Waals surface area (Å²) in [6.45, 7) is 8.34. The second-order valence-corrected chi connectivity index (χ2v) is 7.74. The molecule has 166 valence electrons. The summed E-state index contributed by atoms with van der Waals surface area (Å²) in [5, 5.41) is 9.50. The Labute approximate surface area is 196 Å². The molecular weight excluding hydrogens is 495 g/mol. The van der Waals surface area contributed by atoms with Gasteiger partial charge in [0.1, 0.15) is 12.4 Å². The van der Waals surface area contributed by atoms with Gasteiger partial charge in [-0.3, -0.25) is 9.79 Å². The number of carbonyl (C=O) groups is 1. The Morgan fingerprint density at radius 3 is 2.63 bits per heavy atom. The number of halogens is 1. The van der Waals surface area contributed by atoms with E-state index in [0.717, 1.165) is 24.3 Å². The van der Waals surface area contributed by atoms with Crippen molar-refractivity contribution in [3.8, 4) is 0 Å². The van der Waals surface area contributed by atoms with Crippen LogP contribution in [0.3, 0.4) is 0 Å². The van der Waals surface area contributed by atoms with E-state index in [1.807, 2.05) is 57.2 Å². The number of furan rings is 1. The molecule has 0 radical (unpaired) electrons. The number of guanidine groups is 1. The number of nitrogens with zero attached hydrogens (tertiary/aromatic N) is 1. The van der Waals surface area contributed by atoms with Crippen LogP contribution in [0, 0.1) is 0 Å². The van der Waals surface area contributed by atoms with E-state index in [2.05, 4.69) is 20.9 Å². The first kappa shape index (κ1) is 26.0. The van der Waals surface area contributed by atoms with Gasteiger partial charge in [-0.05, 0) is 57.0 Å². The molecule has 0 bridgehead atoms. The van der Waals surface area contributed by atoms with E-state index in [4.69, 9.17) is 9.15 Å². The standard InChI is InChI=1S/C22H32N4O3.HI/c1-22(2,3)26-20(27)18-9-5-8-17(14-18)15-25-21(23-4)24-11-7-12-28-16-19-10-6-13-29-19;/h5-6,8-10,13-14H,7,11-12,15-16H2,1-4H3,(H,26,27)(H2,23,24,25);1H. The number of hydrogen-bond acceptors (Lipinski definition) is 4. The molecule has 0 unspecified atom stereocenters. The van der Waals surface area contributed by atoms with Crippen LogP contribution in [0.2, 0.25) is 0 Å². The summed E-state index contributed by atoms with van der Waals surface area (Å²) in [6, 6.07) is 11.3. The third kappa shape index (κ3) is 10.1. The minimum atomic E-state index is -0.265. The number of benzene rings is 1. The maximum Gasteiger partial charge on any atom is 0.251 e. The first-order valence-corrected chi connectivity index (χ1v) is 9.83. The highest BCUT2D eigenvalue weighted by Crippen LogP contribution is 2.08. The van der Waals surface area contributed by atoms with E-state index in [1.165, 1.54) is 0 Å². The predicted molar refractivity (Wildman–Crippen MR) is 130 cm³/mol. The fourth-order valence-electron chi connectivity index (χ4n) is 2.59. The van der Waals surface area contributed by atoms with E-state index in [9.17, 15) is 4.79 Å². The van der Waals surface area contributed by atoms with Crippen molar-refractivity contribution in [2.45, 2.75) is 45.9 Å². The number of ether oxygens (including phenoxy) is 1. The van der Waals surface area contributed by atoms with Crippen LogP contribution >= 0.6 is 24.0 Å². The largest absolute Gasteiger partial charge is 0.467 e. The van der Waals surface area contributed by atoms with Gasteiger partial charge in [0.15, 0.2) is 5.96 Å². The fourth-order valence-corrected chi connectivity index (χ4v) is 2.59. The highest BCUT2D eigenvalue weighted by atomic mass is 127. The maximum atomic E-state index is 12.3. The van der Waals surface area contributed by atoms with Crippen LogP contribution in [0.1, 0.15) is 48.9 Å². The van der Waals surface area contributed by atoms with Gasteiger partial charge in [-0.15, -0.1) is 24.0 Å². The van der Waals surface area contributed by atoms with Crippen molar-refractivity contribution in [3.63, 3.8) is 0 Å². The molecule has 1 amide bonds. The van der Waals surface area contributed by atoms with Crippen LogP contribution < -0.4 is 16.0 Å². The molecule has 3 N–H and O–H groups in total. The fraction of sp³-hybridized carbons (Fsp3) is 0.455. The minimum Gasteiger partial charge on any atom is -0.467 e. The summed E-state index contributed by atoms with van der Waals surface area (Å²) in [6.07, 6.45) is 2.49. The van der Waals surface area contributed by atoms with Crippen molar-refractivity contribution in [2.24, 2.45) is 4.99 Å². The van der Waals surface area contributed by atoms with E-state index < -0.39 is 0 Å². The molecule has 0 aliphatic rings. The maximum absolute atomic E-state index is 12.3. The van der Waals surface area contributed by atoms with E-state index >= 15 is 0 Å². The van der Waals surface area contributed by atoms with Gasteiger partial charge < -0.3 is 25.1 Å². The summed E-state index contributed by atoms with van der Waals surface area (Å²) < 4.78 is 10.8. The molecule has 2 aromatic rings. The van der Waals surface area contributed by atoms with Crippen LogP contribution in [0.15, 0.2) is 52.1 Å². The molecule has 0 aliphatic heterocycles. The normalized spacial score (nSPS) is 11.5. The Hall–Kier alpha value is -2.07. The molecule has 1 aromatic heterocycles. The van der Waals surface area contributed by atoms with Gasteiger partial charge in [0, 0.05) is 37.8 Å². The molecule has 8 heteroatoms. The Morgan fingerprint density at radius 2 is 1.97 bits per heavy atom. The molecule has 7 nitrogen and oxygen atoms in total. The Kier molecular flexibility index (Phi) is 11.5. The first-order chi connectivity index (χ1) is 13.9. The summed E-state index contributed by atoms with van der Waals surface area (Å²) in [4.78, 5) is 16.6. The van der Waals surface area contributed by atoms with Crippen molar-refractivity contribution >= 4 is 35.8 Å². The van der Waals surface area contributed by atoms with E-state index in [1.54, 1.807) is 13.3 Å². The quantitative estimate of drug-likeness (QED) is 0.200. The molecule has 1 aromatic carbocycles. The van der Waals surface area contributed by atoms with E-state index in [0.29, 0.717) is 31.3 Å². The van der Waals surface area contributed by atoms with Gasteiger partial charge in [0.25, 0.3) is 5.91 Å². The average Bonchev–Trinajstić information content (AvgIpc) is 3.19. The lowest BCUT2D eigenvalue weighted by Gasteiger charge is -2.20. The molecule has 2 rings (SSSR count). The topological polar surface area (TPSA) is 87.9 Å². The summed E-state index contributed by atoms with van der Waals surface area (Å²) in [5.41, 5.74) is 1.39. The Bertz CT molecular complexity index is 786. The third-order valence-corrected chi connectivity index (χ3v) is 3.94. The van der Waals surface area contributed by atoms with Gasteiger partial charge in [0.2, 0.25) is 0 Å². The first-order valence-electron chi connectivity index (χ1n) is 9.83. The lowest BCUT2D eigenvalue weighted by Crippen LogP contribution is -2.40. The molecule has 1 heterocycles. The third-order valence-electron chi connectivity index (χ3n) is 3.94. The van der Waals surface area contributed by atoms with Crippen molar-refractivity contribution in [1.29, 1.82) is 0 Å². The zero-order chi connectivity index (χ0) is 21.1. The van der Waals surface area contributed by atoms with Crippen LogP contribution in [-0.4, -0.2) is 37.6 Å². The molecule has 0 spiro atoms. The molecule has 0 saturated carbocycles. The summed E-state index contributed by atoms with van der Waals surface area (Å²) in [5.74, 6) is 1.46. The van der Waals surface area contributed by atoms with Gasteiger partial charge >= 0.3 is 0 Å². The van der Waals surface area contributed by atoms with Crippen molar-refractivity contribution in [1.82, 2.24) is 16.0 Å². The lowest BCUT2D eigenvalue weighted by atomic mass is 10.1. The molecular formula is C22H33IN4O3. The molecule has 0 fully saturated rings. The number of amides is 1. The Balaban J connectivity index is 0.00000450. The molecule has 0 aliphatic carbocycles. The van der Waals surface area contributed by atoms with Crippen molar-refractivity contribution in [2.75, 3.05) is 20.2 Å². The second-order valence-electron chi connectivity index (χ2n) is 7.74. The van der Waals surface area contributed by atoms with Gasteiger partial charge in [0.05, 0.1) is 6.26 Å². The average molecular weight is 528 g/mol. The summed E-state index contributed by atoms with van der Waals surface area (Å²) in [7, 11) is 1.73. The van der Waals surface area contributed by atoms with Gasteiger partial charge in [-0.2, -0.15) is 0 Å². The minimum absolute atomic E-state index is 0. The van der Waals surface area contributed by atoms with E-state index in [-0.39, 0.29) is 35.4 Å². The van der Waals surface area contributed by atoms with Crippen LogP contribution in [0.4, 0.5) is 0 Å². The van der Waals surface area contributed by atoms with Crippen LogP contribution in [-0.2, 0) is 17.9 Å². The van der Waals surface area contributed by atoms with Gasteiger partial charge in [-0.25, -0.2) is 0 Å². The number of aliphatic imine (C=N–C) groups is 1. The molecule has 0 atom stereocenters. The van der Waals surface area contributed by atoms with Crippen molar-refractivity contribution in [3.05, 3.63) is 59.5 Å². The highest BCUT2D eigenvalue weighted by Gasteiger charge is 2.15. The number of nitrogens with one attached hydrogen (secondary N) is 3. The van der Waals surface area contributed by atoms with Crippen molar-refractivity contribution < 1.29 is 13.9 Å². The SMILES string of the molecule is CN=C(NCCCOCc1ccco1)NCc1cccc(C(=O)NC(C)(C)C)c1.I. The molecule has 30 heavy (non-hydrogen) atoms. The predicted octanol–water partition coefficient (Wildman–Crippen LogP) is 3.70. The van der Waals surface area contributed by atoms with Gasteiger partial charge in [-0.1, -0.05) is 12.1 Å². The number of carbonyl (C=O) groups excluding carboxylic acids is 1. The zero-order valence-electron chi connectivity index (χ0n) is 18.2. The zero-order valence-corrected chi connectivity index (χ0v) is 20.5. The summed E-state index contributed by atoms with van der Waals surface area (Å²) >= 11 is 0. The highest BCUT2D eigenvalue weighted by molar-refractivity contribution is 14.0. The smallest absolute Gasteiger partial charge is 0.251 e. The lowest BCUT2D eigenvalue weighted by molar-refractivity contribution is 0.0919. The monoisotopic (exact) mass is 528 g/mol. The molecule has 0 saturated heterocycles. The number of hydrogen-bond donors (Lipinski definition) is 3.